The predicted molar refractivity (Wildman–Crippen MR) is 119 cm³/mol. The zero-order valence-electron chi connectivity index (χ0n) is 19.2. The van der Waals surface area contributed by atoms with Crippen molar-refractivity contribution < 1.29 is 13.9 Å². The topological polar surface area (TPSA) is 42.7 Å². The number of likely N-dealkylation sites (tertiary alicyclic amines) is 1. The largest absolute Gasteiger partial charge is 0.469 e. The predicted octanol–water partition coefficient (Wildman–Crippen LogP) is 5.76. The first-order valence-electron chi connectivity index (χ1n) is 11.9. The van der Waals surface area contributed by atoms with Gasteiger partial charge in [-0.3, -0.25) is 9.69 Å². The number of carbonyl (C=O) groups is 1. The zero-order valence-corrected chi connectivity index (χ0v) is 19.2. The fraction of sp³-hybridized carbons (Fsp3) is 0.731. The Morgan fingerprint density at radius 3 is 2.77 bits per heavy atom. The van der Waals surface area contributed by atoms with E-state index in [-0.39, 0.29) is 16.8 Å². The van der Waals surface area contributed by atoms with Crippen molar-refractivity contribution in [1.82, 2.24) is 4.90 Å². The van der Waals surface area contributed by atoms with E-state index in [4.69, 9.17) is 9.15 Å². The number of ether oxygens (including phenoxy) is 1. The lowest BCUT2D eigenvalue weighted by molar-refractivity contribution is -0.168. The Morgan fingerprint density at radius 2 is 2.03 bits per heavy atom. The van der Waals surface area contributed by atoms with Gasteiger partial charge in [0.05, 0.1) is 25.3 Å². The smallest absolute Gasteiger partial charge is 0.311 e. The second-order valence-electron chi connectivity index (χ2n) is 10.5. The lowest BCUT2D eigenvalue weighted by Crippen LogP contribution is -2.53. The monoisotopic (exact) mass is 413 g/mol. The molecule has 3 aliphatic rings. The molecule has 4 heteroatoms. The van der Waals surface area contributed by atoms with E-state index in [1.165, 1.54) is 43.5 Å². The summed E-state index contributed by atoms with van der Waals surface area (Å²) in [6, 6.07) is 2.16. The molecule has 1 saturated heterocycles. The fourth-order valence-electron chi connectivity index (χ4n) is 7.13. The molecule has 1 aromatic heterocycles. The molecule has 0 aromatic carbocycles. The number of fused-ring (bicyclic) bond motifs is 1. The van der Waals surface area contributed by atoms with Crippen molar-refractivity contribution in [1.29, 1.82) is 0 Å². The van der Waals surface area contributed by atoms with Gasteiger partial charge < -0.3 is 9.15 Å². The Labute approximate surface area is 182 Å². The van der Waals surface area contributed by atoms with E-state index in [9.17, 15) is 4.79 Å². The number of rotatable bonds is 6. The average Bonchev–Trinajstić information content (AvgIpc) is 3.39. The lowest BCUT2D eigenvalue weighted by Gasteiger charge is -2.57. The number of esters is 1. The van der Waals surface area contributed by atoms with Crippen molar-refractivity contribution in [2.45, 2.75) is 78.2 Å². The van der Waals surface area contributed by atoms with Gasteiger partial charge >= 0.3 is 5.97 Å². The molecule has 1 aromatic rings. The SMILES string of the molecule is C=C1CCC2C(C)(C(=O)OC)CCCC2(C)C1CCc1ccoc1CN1CCCC1. The number of nitrogens with zero attached hydrogens (tertiary/aromatic N) is 1. The Hall–Kier alpha value is -1.55. The minimum absolute atomic E-state index is 0.0209. The summed E-state index contributed by atoms with van der Waals surface area (Å²) < 4.78 is 11.1. The highest BCUT2D eigenvalue weighted by Crippen LogP contribution is 2.62. The van der Waals surface area contributed by atoms with Crippen LogP contribution in [0.2, 0.25) is 0 Å². The molecule has 4 rings (SSSR count). The molecule has 30 heavy (non-hydrogen) atoms. The maximum Gasteiger partial charge on any atom is 0.311 e. The van der Waals surface area contributed by atoms with Crippen LogP contribution in [-0.4, -0.2) is 31.1 Å². The third-order valence-corrected chi connectivity index (χ3v) is 8.78. The van der Waals surface area contributed by atoms with E-state index >= 15 is 0 Å². The highest BCUT2D eigenvalue weighted by Gasteiger charge is 2.57. The van der Waals surface area contributed by atoms with Gasteiger partial charge in [-0.2, -0.15) is 0 Å². The van der Waals surface area contributed by atoms with Crippen molar-refractivity contribution in [2.24, 2.45) is 22.7 Å². The summed E-state index contributed by atoms with van der Waals surface area (Å²) >= 11 is 0. The van der Waals surface area contributed by atoms with E-state index in [1.807, 2.05) is 6.26 Å². The summed E-state index contributed by atoms with van der Waals surface area (Å²) in [7, 11) is 1.54. The normalized spacial score (nSPS) is 34.7. The number of aryl methyl sites for hydroxylation is 1. The number of hydrogen-bond donors (Lipinski definition) is 0. The van der Waals surface area contributed by atoms with Crippen LogP contribution < -0.4 is 0 Å². The fourth-order valence-corrected chi connectivity index (χ4v) is 7.13. The third-order valence-electron chi connectivity index (χ3n) is 8.78. The van der Waals surface area contributed by atoms with E-state index in [0.29, 0.717) is 11.8 Å². The number of hydrogen-bond acceptors (Lipinski definition) is 4. The van der Waals surface area contributed by atoms with Crippen molar-refractivity contribution in [3.63, 3.8) is 0 Å². The molecule has 0 N–H and O–H groups in total. The van der Waals surface area contributed by atoms with Crippen LogP contribution >= 0.6 is 0 Å². The maximum absolute atomic E-state index is 12.8. The zero-order chi connectivity index (χ0) is 21.4. The van der Waals surface area contributed by atoms with Gasteiger partial charge in [-0.1, -0.05) is 25.5 Å². The van der Waals surface area contributed by atoms with E-state index in [0.717, 1.165) is 50.8 Å². The van der Waals surface area contributed by atoms with Gasteiger partial charge in [0.2, 0.25) is 0 Å². The number of furan rings is 1. The number of methoxy groups -OCH3 is 1. The summed E-state index contributed by atoms with van der Waals surface area (Å²) in [5.74, 6) is 1.95. The maximum atomic E-state index is 12.8. The second-order valence-corrected chi connectivity index (χ2v) is 10.5. The third kappa shape index (κ3) is 3.77. The molecular weight excluding hydrogens is 374 g/mol. The van der Waals surface area contributed by atoms with Crippen LogP contribution in [0.15, 0.2) is 28.9 Å². The number of allylic oxidation sites excluding steroid dienone is 1. The van der Waals surface area contributed by atoms with Crippen molar-refractivity contribution in [2.75, 3.05) is 20.2 Å². The van der Waals surface area contributed by atoms with Crippen LogP contribution in [0.4, 0.5) is 0 Å². The lowest BCUT2D eigenvalue weighted by atomic mass is 9.46. The molecule has 4 unspecified atom stereocenters. The molecule has 0 radical (unpaired) electrons. The van der Waals surface area contributed by atoms with Crippen LogP contribution in [-0.2, 0) is 22.5 Å². The number of carbonyl (C=O) groups excluding carboxylic acids is 1. The second kappa shape index (κ2) is 8.53. The molecule has 166 valence electrons. The molecule has 2 saturated carbocycles. The molecular formula is C26H39NO3. The van der Waals surface area contributed by atoms with E-state index in [1.54, 1.807) is 7.11 Å². The van der Waals surface area contributed by atoms with Crippen LogP contribution in [0.1, 0.15) is 76.5 Å². The first-order valence-corrected chi connectivity index (χ1v) is 11.9. The van der Waals surface area contributed by atoms with Crippen molar-refractivity contribution in [3.05, 3.63) is 35.8 Å². The molecule has 0 bridgehead atoms. The Morgan fingerprint density at radius 1 is 1.27 bits per heavy atom. The Balaban J connectivity index is 1.50. The van der Waals surface area contributed by atoms with Crippen LogP contribution in [0, 0.1) is 22.7 Å². The summed E-state index contributed by atoms with van der Waals surface area (Å²) in [4.78, 5) is 15.3. The molecule has 2 aliphatic carbocycles. The first kappa shape index (κ1) is 21.7. The Bertz CT molecular complexity index is 777. The first-order chi connectivity index (χ1) is 14.4. The van der Waals surface area contributed by atoms with Crippen LogP contribution in [0.5, 0.6) is 0 Å². The van der Waals surface area contributed by atoms with Gasteiger partial charge in [-0.15, -0.1) is 0 Å². The summed E-state index contributed by atoms with van der Waals surface area (Å²) in [5, 5.41) is 0. The van der Waals surface area contributed by atoms with Gasteiger partial charge in [0, 0.05) is 0 Å². The van der Waals surface area contributed by atoms with Gasteiger partial charge in [-0.05, 0) is 100 Å². The standard InChI is InChI=1S/C26H39NO3/c1-19-8-11-23-25(2,13-7-14-26(23,3)24(28)29-4)21(19)10-9-20-12-17-30-22(20)18-27-15-5-6-16-27/h12,17,21,23H,1,5-11,13-16,18H2,2-4H3. The summed E-state index contributed by atoms with van der Waals surface area (Å²) in [6.45, 7) is 12.4. The molecule has 0 amide bonds. The minimum Gasteiger partial charge on any atom is -0.469 e. The van der Waals surface area contributed by atoms with Gasteiger partial charge in [-0.25, -0.2) is 0 Å². The molecule has 2 heterocycles. The van der Waals surface area contributed by atoms with Crippen molar-refractivity contribution >= 4 is 5.97 Å². The van der Waals surface area contributed by atoms with Crippen LogP contribution in [0.3, 0.4) is 0 Å². The summed E-state index contributed by atoms with van der Waals surface area (Å²) in [5.41, 5.74) is 2.49. The van der Waals surface area contributed by atoms with E-state index < -0.39 is 0 Å². The van der Waals surface area contributed by atoms with Crippen LogP contribution in [0.25, 0.3) is 0 Å². The molecule has 4 nitrogen and oxygen atoms in total. The van der Waals surface area contributed by atoms with Crippen molar-refractivity contribution in [3.8, 4) is 0 Å². The minimum atomic E-state index is -0.364. The highest BCUT2D eigenvalue weighted by atomic mass is 16.5. The molecule has 0 spiro atoms. The Kier molecular flexibility index (Phi) is 6.16. The quantitative estimate of drug-likeness (QED) is 0.439. The van der Waals surface area contributed by atoms with Gasteiger partial charge in [0.1, 0.15) is 5.76 Å². The molecule has 4 atom stereocenters. The van der Waals surface area contributed by atoms with Gasteiger partial charge in [0.25, 0.3) is 0 Å². The molecule has 1 aliphatic heterocycles. The van der Waals surface area contributed by atoms with E-state index in [2.05, 4.69) is 31.4 Å². The van der Waals surface area contributed by atoms with Gasteiger partial charge in [0.15, 0.2) is 0 Å². The highest BCUT2D eigenvalue weighted by molar-refractivity contribution is 5.77. The summed E-state index contributed by atoms with van der Waals surface area (Å²) in [6.07, 6.45) is 11.9. The average molecular weight is 414 g/mol. The molecule has 3 fully saturated rings.